The summed E-state index contributed by atoms with van der Waals surface area (Å²) in [5.41, 5.74) is 6.62. The van der Waals surface area contributed by atoms with Gasteiger partial charge in [0.2, 0.25) is 5.95 Å². The van der Waals surface area contributed by atoms with Gasteiger partial charge in [0.25, 0.3) is 11.8 Å². The maximum Gasteiger partial charge on any atom is 0.277 e. The van der Waals surface area contributed by atoms with Crippen LogP contribution in [0.3, 0.4) is 0 Å². The average molecular weight is 587 g/mol. The number of anilines is 3. The molecule has 5 N–H and O–H groups in total. The zero-order valence-corrected chi connectivity index (χ0v) is 23.7. The summed E-state index contributed by atoms with van der Waals surface area (Å²) in [6.07, 6.45) is 2.55. The van der Waals surface area contributed by atoms with E-state index in [0.717, 1.165) is 22.3 Å². The Morgan fingerprint density at radius 3 is 2.50 bits per heavy atom. The molecule has 0 aliphatic heterocycles. The molecule has 0 aliphatic carbocycles. The average Bonchev–Trinajstić information content (AvgIpc) is 3.44. The SMILES string of the molecule is COc1cc(CNc2ncc(C(=O)NO)cn2)cc(C(=O)Nc2ccc(Cl)c(-c3nc4cc(N(C)C)ccc4[nH]3)c2)c1. The summed E-state index contributed by atoms with van der Waals surface area (Å²) in [5, 5.41) is 15.2. The van der Waals surface area contributed by atoms with Gasteiger partial charge in [0.05, 0.1) is 28.7 Å². The van der Waals surface area contributed by atoms with Crippen molar-refractivity contribution in [3.8, 4) is 17.1 Å². The number of aromatic nitrogens is 4. The van der Waals surface area contributed by atoms with Crippen LogP contribution in [0.5, 0.6) is 5.75 Å². The predicted molar refractivity (Wildman–Crippen MR) is 160 cm³/mol. The van der Waals surface area contributed by atoms with Crippen molar-refractivity contribution >= 4 is 51.8 Å². The number of hydroxylamine groups is 1. The molecule has 5 aromatic rings. The number of fused-ring (bicyclic) bond motifs is 1. The van der Waals surface area contributed by atoms with Crippen molar-refractivity contribution < 1.29 is 19.5 Å². The van der Waals surface area contributed by atoms with Crippen LogP contribution in [0.4, 0.5) is 17.3 Å². The quantitative estimate of drug-likeness (QED) is 0.122. The Bertz CT molecular complexity index is 1770. The lowest BCUT2D eigenvalue weighted by Crippen LogP contribution is -2.19. The molecule has 2 amide bonds. The van der Waals surface area contributed by atoms with Gasteiger partial charge in [0.1, 0.15) is 11.6 Å². The lowest BCUT2D eigenvalue weighted by molar-refractivity contribution is 0.0705. The molecular formula is C29H27ClN8O4. The molecule has 12 nitrogen and oxygen atoms in total. The van der Waals surface area contributed by atoms with Gasteiger partial charge >= 0.3 is 0 Å². The van der Waals surface area contributed by atoms with Crippen LogP contribution in [0.1, 0.15) is 26.3 Å². The van der Waals surface area contributed by atoms with Crippen LogP contribution in [0.2, 0.25) is 5.02 Å². The van der Waals surface area contributed by atoms with E-state index in [9.17, 15) is 9.59 Å². The van der Waals surface area contributed by atoms with Gasteiger partial charge in [0.15, 0.2) is 0 Å². The lowest BCUT2D eigenvalue weighted by Gasteiger charge is -2.12. The summed E-state index contributed by atoms with van der Waals surface area (Å²) in [6, 6.07) is 16.3. The molecule has 0 fully saturated rings. The Labute approximate surface area is 245 Å². The van der Waals surface area contributed by atoms with Crippen molar-refractivity contribution in [2.24, 2.45) is 0 Å². The van der Waals surface area contributed by atoms with Crippen molar-refractivity contribution in [3.63, 3.8) is 0 Å². The number of imidazole rings is 1. The van der Waals surface area contributed by atoms with E-state index in [1.807, 2.05) is 37.2 Å². The summed E-state index contributed by atoms with van der Waals surface area (Å²) in [4.78, 5) is 42.9. The van der Waals surface area contributed by atoms with Crippen molar-refractivity contribution in [2.45, 2.75) is 6.54 Å². The first-order valence-corrected chi connectivity index (χ1v) is 13.1. The van der Waals surface area contributed by atoms with Gasteiger partial charge in [-0.1, -0.05) is 11.6 Å². The van der Waals surface area contributed by atoms with Gasteiger partial charge < -0.3 is 25.3 Å². The van der Waals surface area contributed by atoms with Crippen molar-refractivity contribution in [2.75, 3.05) is 36.7 Å². The molecule has 5 rings (SSSR count). The van der Waals surface area contributed by atoms with Gasteiger partial charge in [-0.2, -0.15) is 0 Å². The summed E-state index contributed by atoms with van der Waals surface area (Å²) in [5.74, 6) is 0.277. The van der Waals surface area contributed by atoms with Crippen LogP contribution in [0.25, 0.3) is 22.4 Å². The minimum absolute atomic E-state index is 0.104. The van der Waals surface area contributed by atoms with Gasteiger partial charge in [-0.15, -0.1) is 0 Å². The highest BCUT2D eigenvalue weighted by Gasteiger charge is 2.15. The van der Waals surface area contributed by atoms with Crippen molar-refractivity contribution in [1.29, 1.82) is 0 Å². The fourth-order valence-electron chi connectivity index (χ4n) is 4.18. The third-order valence-electron chi connectivity index (χ3n) is 6.39. The van der Waals surface area contributed by atoms with E-state index in [1.54, 1.807) is 36.4 Å². The molecule has 2 heterocycles. The number of aromatic amines is 1. The minimum atomic E-state index is -0.714. The highest BCUT2D eigenvalue weighted by molar-refractivity contribution is 6.33. The topological polar surface area (TPSA) is 157 Å². The fourth-order valence-corrected chi connectivity index (χ4v) is 4.39. The Hall–Kier alpha value is -5.20. The first-order chi connectivity index (χ1) is 20.2. The maximum absolute atomic E-state index is 13.3. The Morgan fingerprint density at radius 2 is 1.79 bits per heavy atom. The minimum Gasteiger partial charge on any atom is -0.497 e. The zero-order chi connectivity index (χ0) is 29.8. The molecule has 3 aromatic carbocycles. The second-order valence-electron chi connectivity index (χ2n) is 9.49. The number of carbonyl (C=O) groups is 2. The molecule has 2 aromatic heterocycles. The van der Waals surface area contributed by atoms with Crippen LogP contribution in [-0.2, 0) is 6.54 Å². The van der Waals surface area contributed by atoms with Gasteiger partial charge in [-0.3, -0.25) is 14.8 Å². The van der Waals surface area contributed by atoms with E-state index in [2.05, 4.69) is 25.6 Å². The van der Waals surface area contributed by atoms with E-state index < -0.39 is 5.91 Å². The Balaban J connectivity index is 1.33. The normalized spacial score (nSPS) is 10.8. The highest BCUT2D eigenvalue weighted by Crippen LogP contribution is 2.31. The van der Waals surface area contributed by atoms with E-state index in [-0.39, 0.29) is 24.0 Å². The summed E-state index contributed by atoms with van der Waals surface area (Å²) >= 11 is 6.53. The number of benzene rings is 3. The highest BCUT2D eigenvalue weighted by atomic mass is 35.5. The third kappa shape index (κ3) is 6.24. The summed E-state index contributed by atoms with van der Waals surface area (Å²) < 4.78 is 5.41. The number of H-pyrrole nitrogens is 1. The molecule has 0 spiro atoms. The Kier molecular flexibility index (Phi) is 8.18. The lowest BCUT2D eigenvalue weighted by atomic mass is 10.1. The number of nitrogens with one attached hydrogen (secondary N) is 4. The number of hydrogen-bond donors (Lipinski definition) is 5. The number of nitrogens with zero attached hydrogens (tertiary/aromatic N) is 4. The molecule has 0 radical (unpaired) electrons. The Morgan fingerprint density at radius 1 is 1.00 bits per heavy atom. The molecule has 0 aliphatic rings. The number of amides is 2. The molecule has 13 heteroatoms. The molecule has 0 bridgehead atoms. The molecule has 0 saturated heterocycles. The van der Waals surface area contributed by atoms with Gasteiger partial charge in [-0.05, 0) is 60.2 Å². The molecular weight excluding hydrogens is 560 g/mol. The van der Waals surface area contributed by atoms with Crippen LogP contribution < -0.4 is 25.8 Å². The zero-order valence-electron chi connectivity index (χ0n) is 22.9. The fraction of sp³-hybridized carbons (Fsp3) is 0.138. The number of rotatable bonds is 9. The van der Waals surface area contributed by atoms with E-state index in [1.165, 1.54) is 25.0 Å². The van der Waals surface area contributed by atoms with Crippen LogP contribution in [-0.4, -0.2) is 58.2 Å². The number of carbonyl (C=O) groups excluding carboxylic acids is 2. The van der Waals surface area contributed by atoms with Crippen LogP contribution in [0, 0.1) is 0 Å². The van der Waals surface area contributed by atoms with Crippen LogP contribution >= 0.6 is 11.6 Å². The molecule has 0 unspecified atom stereocenters. The molecule has 42 heavy (non-hydrogen) atoms. The second-order valence-corrected chi connectivity index (χ2v) is 9.90. The maximum atomic E-state index is 13.3. The smallest absolute Gasteiger partial charge is 0.277 e. The molecule has 0 saturated carbocycles. The number of halogens is 1. The molecule has 0 atom stereocenters. The first-order valence-electron chi connectivity index (χ1n) is 12.7. The summed E-state index contributed by atoms with van der Waals surface area (Å²) in [6.45, 7) is 0.274. The van der Waals surface area contributed by atoms with Crippen molar-refractivity contribution in [3.05, 3.63) is 88.7 Å². The first kappa shape index (κ1) is 28.3. The van der Waals surface area contributed by atoms with Gasteiger partial charge in [0, 0.05) is 55.5 Å². The van der Waals surface area contributed by atoms with Crippen LogP contribution in [0.15, 0.2) is 67.0 Å². The third-order valence-corrected chi connectivity index (χ3v) is 6.72. The number of ether oxygens (including phenoxy) is 1. The predicted octanol–water partition coefficient (Wildman–Crippen LogP) is 4.73. The van der Waals surface area contributed by atoms with Gasteiger partial charge in [-0.25, -0.2) is 20.4 Å². The number of methoxy groups -OCH3 is 1. The van der Waals surface area contributed by atoms with E-state index >= 15 is 0 Å². The monoisotopic (exact) mass is 586 g/mol. The number of hydrogen-bond acceptors (Lipinski definition) is 9. The summed E-state index contributed by atoms with van der Waals surface area (Å²) in [7, 11) is 5.45. The second kappa shape index (κ2) is 12.1. The standard InChI is InChI=1S/C29H27ClN8O4/c1-38(2)20-5-7-24-25(12-20)36-26(35-24)22-11-19(4-6-23(22)30)34-27(39)17-8-16(9-21(10-17)42-3)13-31-29-32-14-18(15-33-29)28(40)37-41/h4-12,14-15,41H,13H2,1-3H3,(H,34,39)(H,35,36)(H,37,40)(H,31,32,33). The van der Waals surface area contributed by atoms with Crippen molar-refractivity contribution in [1.82, 2.24) is 25.4 Å². The largest absolute Gasteiger partial charge is 0.497 e. The van der Waals surface area contributed by atoms with E-state index in [0.29, 0.717) is 33.4 Å². The molecule has 214 valence electrons. The van der Waals surface area contributed by atoms with E-state index in [4.69, 9.17) is 26.5 Å².